The van der Waals surface area contributed by atoms with E-state index >= 15 is 0 Å². The van der Waals surface area contributed by atoms with Gasteiger partial charge in [0.1, 0.15) is 0 Å². The summed E-state index contributed by atoms with van der Waals surface area (Å²) in [6.07, 6.45) is 19.4. The molecule has 0 radical (unpaired) electrons. The number of benzene rings is 9. The van der Waals surface area contributed by atoms with Crippen molar-refractivity contribution in [1.29, 1.82) is 0 Å². The van der Waals surface area contributed by atoms with Crippen molar-refractivity contribution in [2.45, 2.75) is 52.9 Å². The van der Waals surface area contributed by atoms with Crippen LogP contribution in [0.4, 0.5) is 17.1 Å². The summed E-state index contributed by atoms with van der Waals surface area (Å²) in [5.41, 5.74) is 15.9. The molecular formula is C60H50N2. The second-order valence-electron chi connectivity index (χ2n) is 17.2. The molecule has 0 fully saturated rings. The highest BCUT2D eigenvalue weighted by Gasteiger charge is 2.21. The molecule has 0 saturated carbocycles. The van der Waals surface area contributed by atoms with Gasteiger partial charge in [0.25, 0.3) is 0 Å². The number of nitrogens with one attached hydrogen (secondary N) is 1. The second-order valence-corrected chi connectivity index (χ2v) is 17.2. The zero-order valence-corrected chi connectivity index (χ0v) is 35.8. The third-order valence-electron chi connectivity index (χ3n) is 13.2. The quantitative estimate of drug-likeness (QED) is 0.176. The molecule has 0 spiro atoms. The Hall–Kier alpha value is -7.16. The first-order chi connectivity index (χ1) is 30.5. The number of nitrogens with zero attached hydrogens (tertiary/aromatic N) is 1. The minimum absolute atomic E-state index is 1.10. The molecule has 3 aliphatic rings. The number of fused-ring (bicyclic) bond motifs is 3. The van der Waals surface area contributed by atoms with E-state index in [9.17, 15) is 0 Å². The fourth-order valence-corrected chi connectivity index (χ4v) is 10.2. The minimum Gasteiger partial charge on any atom is -0.355 e. The summed E-state index contributed by atoms with van der Waals surface area (Å²) < 4.78 is 0. The molecule has 62 heavy (non-hydrogen) atoms. The number of hydrogen-bond acceptors (Lipinski definition) is 1. The normalized spacial score (nSPS) is 13.9. The monoisotopic (exact) mass is 798 g/mol. The lowest BCUT2D eigenvalue weighted by atomic mass is 9.80. The Morgan fingerprint density at radius 2 is 1.29 bits per heavy atom. The molecule has 300 valence electrons. The zero-order valence-electron chi connectivity index (χ0n) is 35.8. The predicted octanol–water partition coefficient (Wildman–Crippen LogP) is 17.0. The molecule has 2 nitrogen and oxygen atoms in total. The van der Waals surface area contributed by atoms with Gasteiger partial charge in [-0.1, -0.05) is 152 Å². The molecule has 0 amide bonds. The summed E-state index contributed by atoms with van der Waals surface area (Å²) in [6.45, 7) is 6.54. The number of anilines is 3. The van der Waals surface area contributed by atoms with Crippen LogP contribution < -0.4 is 4.90 Å². The highest BCUT2D eigenvalue weighted by atomic mass is 15.1. The number of aromatic nitrogens is 1. The smallest absolute Gasteiger partial charge is 0.0540 e. The minimum atomic E-state index is 1.10. The summed E-state index contributed by atoms with van der Waals surface area (Å²) in [5, 5.41) is 13.3. The average Bonchev–Trinajstić information content (AvgIpc) is 3.68. The van der Waals surface area contributed by atoms with Crippen LogP contribution in [0.5, 0.6) is 0 Å². The Morgan fingerprint density at radius 3 is 2.06 bits per heavy atom. The SMILES string of the molecule is CC1=CCCC=C1.CCc1ccc2c3c4c(ccc13)C=CCC4=CC2.Cc1ccc2[nH]c3ccc(N(c4ccccc4)c4ccc5ccc6cccc7ccc4c5c67)cc3c2c1. The van der Waals surface area contributed by atoms with Gasteiger partial charge in [0.2, 0.25) is 0 Å². The Labute approximate surface area is 364 Å². The second kappa shape index (κ2) is 15.7. The zero-order chi connectivity index (χ0) is 41.7. The lowest BCUT2D eigenvalue weighted by Crippen LogP contribution is -2.10. The van der Waals surface area contributed by atoms with Crippen molar-refractivity contribution in [2.24, 2.45) is 0 Å². The van der Waals surface area contributed by atoms with Crippen LogP contribution in [0.2, 0.25) is 0 Å². The van der Waals surface area contributed by atoms with Crippen LogP contribution in [0.25, 0.3) is 76.5 Å². The number of hydrogen-bond donors (Lipinski definition) is 1. The van der Waals surface area contributed by atoms with Gasteiger partial charge in [-0.15, -0.1) is 0 Å². The molecule has 1 N–H and O–H groups in total. The van der Waals surface area contributed by atoms with E-state index in [-0.39, 0.29) is 0 Å². The van der Waals surface area contributed by atoms with Crippen molar-refractivity contribution in [3.63, 3.8) is 0 Å². The van der Waals surface area contributed by atoms with E-state index in [2.05, 4.69) is 213 Å². The van der Waals surface area contributed by atoms with E-state index in [1.165, 1.54) is 117 Å². The van der Waals surface area contributed by atoms with Crippen LogP contribution >= 0.6 is 0 Å². The van der Waals surface area contributed by atoms with Crippen molar-refractivity contribution in [3.05, 3.63) is 209 Å². The maximum atomic E-state index is 3.60. The molecule has 1 aromatic heterocycles. The molecule has 1 heterocycles. The van der Waals surface area contributed by atoms with E-state index in [1.54, 1.807) is 0 Å². The summed E-state index contributed by atoms with van der Waals surface area (Å²) in [6, 6.07) is 53.5. The average molecular weight is 799 g/mol. The van der Waals surface area contributed by atoms with Gasteiger partial charge in [0.15, 0.2) is 0 Å². The van der Waals surface area contributed by atoms with Crippen LogP contribution in [0.1, 0.15) is 60.9 Å². The summed E-state index contributed by atoms with van der Waals surface area (Å²) in [4.78, 5) is 6.00. The van der Waals surface area contributed by atoms with Crippen molar-refractivity contribution >= 4 is 93.6 Å². The Bertz CT molecular complexity index is 3450. The number of para-hydroxylation sites is 1. The van der Waals surface area contributed by atoms with Gasteiger partial charge < -0.3 is 9.88 Å². The number of aromatic amines is 1. The Morgan fingerprint density at radius 1 is 0.532 bits per heavy atom. The van der Waals surface area contributed by atoms with Gasteiger partial charge in [0, 0.05) is 38.6 Å². The van der Waals surface area contributed by atoms with Crippen LogP contribution in [-0.2, 0) is 12.8 Å². The molecule has 0 atom stereocenters. The van der Waals surface area contributed by atoms with E-state index in [4.69, 9.17) is 0 Å². The number of H-pyrrole nitrogens is 1. The summed E-state index contributed by atoms with van der Waals surface area (Å²) in [7, 11) is 0. The molecule has 0 saturated heterocycles. The topological polar surface area (TPSA) is 19.0 Å². The van der Waals surface area contributed by atoms with Crippen molar-refractivity contribution in [1.82, 2.24) is 4.98 Å². The maximum Gasteiger partial charge on any atom is 0.0540 e. The van der Waals surface area contributed by atoms with Gasteiger partial charge in [-0.05, 0) is 160 Å². The highest BCUT2D eigenvalue weighted by Crippen LogP contribution is 2.45. The maximum absolute atomic E-state index is 3.60. The van der Waals surface area contributed by atoms with Crippen molar-refractivity contribution in [2.75, 3.05) is 4.90 Å². The molecule has 10 aromatic rings. The largest absolute Gasteiger partial charge is 0.355 e. The third-order valence-corrected chi connectivity index (χ3v) is 13.2. The van der Waals surface area contributed by atoms with Gasteiger partial charge in [-0.25, -0.2) is 0 Å². The molecule has 3 aliphatic carbocycles. The Balaban J connectivity index is 0.000000142. The molecule has 0 bridgehead atoms. The first kappa shape index (κ1) is 37.8. The van der Waals surface area contributed by atoms with Gasteiger partial charge in [-0.2, -0.15) is 0 Å². The molecule has 13 rings (SSSR count). The fourth-order valence-electron chi connectivity index (χ4n) is 10.2. The van der Waals surface area contributed by atoms with Gasteiger partial charge >= 0.3 is 0 Å². The Kier molecular flexibility index (Phi) is 9.58. The summed E-state index contributed by atoms with van der Waals surface area (Å²) in [5.74, 6) is 0. The first-order valence-electron chi connectivity index (χ1n) is 22.3. The van der Waals surface area contributed by atoms with Crippen LogP contribution in [0, 0.1) is 6.92 Å². The van der Waals surface area contributed by atoms with E-state index in [0.29, 0.717) is 0 Å². The van der Waals surface area contributed by atoms with Gasteiger partial charge in [-0.3, -0.25) is 0 Å². The number of aryl methyl sites for hydroxylation is 2. The standard InChI is InChI=1S/C35H24N2.C18H16.C7H10/c1-22-10-17-31-29(20-22)30-21-27(15-18-32(30)36-31)37(26-8-3-2-4-9-26)33-19-14-25-12-11-23-6-5-7-24-13-16-28(33)35(25)34(23)24;1-2-12-6-7-15-9-8-13-4-3-5-14-10-11-16(12)18(15)17(13)14;1-7-5-3-2-4-6-7/h2-21,36H,1H3;3,5-8,10-11H,2,4,9H2,1H3;3,5-6H,2,4H2,1H3. The van der Waals surface area contributed by atoms with Crippen molar-refractivity contribution < 1.29 is 0 Å². The lowest BCUT2D eigenvalue weighted by Gasteiger charge is -2.27. The van der Waals surface area contributed by atoms with E-state index in [0.717, 1.165) is 36.2 Å². The molecule has 9 aromatic carbocycles. The molecule has 0 aliphatic heterocycles. The number of allylic oxidation sites excluding steroid dienone is 7. The van der Waals surface area contributed by atoms with E-state index < -0.39 is 0 Å². The molecule has 0 unspecified atom stereocenters. The summed E-state index contributed by atoms with van der Waals surface area (Å²) >= 11 is 0. The number of rotatable bonds is 4. The highest BCUT2D eigenvalue weighted by molar-refractivity contribution is 6.26. The van der Waals surface area contributed by atoms with Crippen LogP contribution in [0.3, 0.4) is 0 Å². The third kappa shape index (κ3) is 6.59. The van der Waals surface area contributed by atoms with Crippen LogP contribution in [-0.4, -0.2) is 4.98 Å². The molecule has 2 heteroatoms. The molecular weight excluding hydrogens is 749 g/mol. The van der Waals surface area contributed by atoms with Crippen LogP contribution in [0.15, 0.2) is 182 Å². The fraction of sp³-hybridized carbons (Fsp3) is 0.133. The van der Waals surface area contributed by atoms with Gasteiger partial charge in [0.05, 0.1) is 5.69 Å². The first-order valence-corrected chi connectivity index (χ1v) is 22.3. The van der Waals surface area contributed by atoms with Crippen molar-refractivity contribution in [3.8, 4) is 0 Å². The van der Waals surface area contributed by atoms with E-state index in [1.807, 2.05) is 0 Å². The lowest BCUT2D eigenvalue weighted by molar-refractivity contribution is 1.02. The predicted molar refractivity (Wildman–Crippen MR) is 270 cm³/mol.